The summed E-state index contributed by atoms with van der Waals surface area (Å²) in [5, 5.41) is 9.48. The molecule has 2 rings (SSSR count). The van der Waals surface area contributed by atoms with Crippen molar-refractivity contribution in [2.24, 2.45) is 5.92 Å². The number of rotatable bonds is 3. The normalized spacial score (nSPS) is 38.3. The highest BCUT2D eigenvalue weighted by atomic mass is 79.9. The Kier molecular flexibility index (Phi) is 5.48. The summed E-state index contributed by atoms with van der Waals surface area (Å²) in [7, 11) is 0. The van der Waals surface area contributed by atoms with Crippen LogP contribution in [0.5, 0.6) is 0 Å². The fourth-order valence-corrected chi connectivity index (χ4v) is 3.83. The number of aliphatic hydroxyl groups excluding tert-OH is 1. The third kappa shape index (κ3) is 2.52. The highest BCUT2D eigenvalue weighted by molar-refractivity contribution is 4.81. The molecule has 3 heteroatoms. The van der Waals surface area contributed by atoms with Gasteiger partial charge in [-0.25, -0.2) is 0 Å². The summed E-state index contributed by atoms with van der Waals surface area (Å²) in [6.45, 7) is 8.04. The van der Waals surface area contributed by atoms with E-state index in [-0.39, 0.29) is 17.0 Å². The lowest BCUT2D eigenvalue weighted by Crippen LogP contribution is -3.00. The monoisotopic (exact) mass is 289 g/mol. The van der Waals surface area contributed by atoms with Gasteiger partial charge in [0.15, 0.2) is 0 Å². The molecule has 16 heavy (non-hydrogen) atoms. The Balaban J connectivity index is 0.00000128. The molecule has 1 N–H and O–H groups in total. The lowest BCUT2D eigenvalue weighted by Gasteiger charge is -2.53. The molecule has 0 saturated carbocycles. The number of piperidine rings is 2. The van der Waals surface area contributed by atoms with E-state index in [0.717, 1.165) is 12.6 Å². The van der Waals surface area contributed by atoms with Crippen LogP contribution in [0.25, 0.3) is 0 Å². The van der Waals surface area contributed by atoms with Crippen LogP contribution in [0.1, 0.15) is 32.1 Å². The molecule has 2 aliphatic heterocycles. The van der Waals surface area contributed by atoms with Crippen LogP contribution in [0, 0.1) is 5.92 Å². The smallest absolute Gasteiger partial charge is 0.0973 e. The quantitative estimate of drug-likeness (QED) is 0.519. The zero-order valence-electron chi connectivity index (χ0n) is 10.1. The van der Waals surface area contributed by atoms with Crippen LogP contribution in [-0.2, 0) is 0 Å². The molecule has 0 aromatic heterocycles. The van der Waals surface area contributed by atoms with E-state index in [1.54, 1.807) is 0 Å². The molecule has 1 unspecified atom stereocenters. The maximum absolute atomic E-state index is 9.48. The van der Waals surface area contributed by atoms with Crippen LogP contribution in [0.3, 0.4) is 0 Å². The first-order valence-electron chi connectivity index (χ1n) is 6.40. The van der Waals surface area contributed by atoms with Gasteiger partial charge in [0.1, 0.15) is 0 Å². The van der Waals surface area contributed by atoms with Gasteiger partial charge in [-0.15, -0.1) is 0 Å². The number of hydrogen-bond donors (Lipinski definition) is 1. The first-order chi connectivity index (χ1) is 7.32. The van der Waals surface area contributed by atoms with Crippen LogP contribution in [-0.4, -0.2) is 41.9 Å². The standard InChI is InChI=1S/C13H24NO.BrH/c1-2-8-14-9-4-3-7-13(14)12(11-15)6-5-10-14;/h2,12-13,15H,1,3-11H2;1H/q+1;/p-1/t12-,13+,14?;/m0./s1. The molecule has 0 spiro atoms. The molecule has 2 fully saturated rings. The number of halogens is 1. The van der Waals surface area contributed by atoms with Gasteiger partial charge in [-0.2, -0.15) is 0 Å². The average Bonchev–Trinajstić information content (AvgIpc) is 2.28. The van der Waals surface area contributed by atoms with Crippen molar-refractivity contribution < 1.29 is 26.6 Å². The van der Waals surface area contributed by atoms with E-state index in [1.807, 2.05) is 0 Å². The summed E-state index contributed by atoms with van der Waals surface area (Å²) < 4.78 is 1.23. The SMILES string of the molecule is C=CC[N+]12CCCC[C@@H]1[C@H](CO)CCC2.[Br-]. The zero-order chi connectivity index (χ0) is 10.7. The van der Waals surface area contributed by atoms with E-state index in [2.05, 4.69) is 12.7 Å². The fourth-order valence-electron chi connectivity index (χ4n) is 3.83. The van der Waals surface area contributed by atoms with Crippen molar-refractivity contribution in [1.29, 1.82) is 0 Å². The van der Waals surface area contributed by atoms with Crippen molar-refractivity contribution in [3.05, 3.63) is 12.7 Å². The lowest BCUT2D eigenvalue weighted by molar-refractivity contribution is -0.959. The first-order valence-corrected chi connectivity index (χ1v) is 6.40. The summed E-state index contributed by atoms with van der Waals surface area (Å²) >= 11 is 0. The van der Waals surface area contributed by atoms with E-state index >= 15 is 0 Å². The minimum absolute atomic E-state index is 0. The molecule has 0 aromatic rings. The van der Waals surface area contributed by atoms with Crippen molar-refractivity contribution in [2.45, 2.75) is 38.1 Å². The molecular formula is C13H24BrNO. The Morgan fingerprint density at radius 2 is 1.94 bits per heavy atom. The number of fused-ring (bicyclic) bond motifs is 1. The molecule has 0 aliphatic carbocycles. The molecule has 94 valence electrons. The Morgan fingerprint density at radius 3 is 2.62 bits per heavy atom. The Morgan fingerprint density at radius 1 is 1.19 bits per heavy atom. The maximum Gasteiger partial charge on any atom is 0.0973 e. The second kappa shape index (κ2) is 6.18. The second-order valence-corrected chi connectivity index (χ2v) is 5.29. The van der Waals surface area contributed by atoms with E-state index in [1.165, 1.54) is 49.7 Å². The highest BCUT2D eigenvalue weighted by Gasteiger charge is 2.45. The topological polar surface area (TPSA) is 20.2 Å². The van der Waals surface area contributed by atoms with Gasteiger partial charge in [-0.3, -0.25) is 0 Å². The van der Waals surface area contributed by atoms with Crippen LogP contribution >= 0.6 is 0 Å². The minimum atomic E-state index is 0. The molecular weight excluding hydrogens is 266 g/mol. The number of hydrogen-bond acceptors (Lipinski definition) is 1. The van der Waals surface area contributed by atoms with Gasteiger partial charge in [0.25, 0.3) is 0 Å². The molecule has 2 saturated heterocycles. The summed E-state index contributed by atoms with van der Waals surface area (Å²) in [5.41, 5.74) is 0. The van der Waals surface area contributed by atoms with E-state index in [0.29, 0.717) is 12.5 Å². The van der Waals surface area contributed by atoms with Gasteiger partial charge in [0.2, 0.25) is 0 Å². The van der Waals surface area contributed by atoms with E-state index in [4.69, 9.17) is 0 Å². The summed E-state index contributed by atoms with van der Waals surface area (Å²) in [6, 6.07) is 0.718. The van der Waals surface area contributed by atoms with Crippen LogP contribution in [0.2, 0.25) is 0 Å². The lowest BCUT2D eigenvalue weighted by atomic mass is 9.81. The Bertz CT molecular complexity index is 230. The third-order valence-electron chi connectivity index (χ3n) is 4.51. The van der Waals surface area contributed by atoms with Crippen LogP contribution in [0.15, 0.2) is 12.7 Å². The molecule has 0 amide bonds. The molecule has 0 radical (unpaired) electrons. The van der Waals surface area contributed by atoms with Gasteiger partial charge in [-0.05, 0) is 31.8 Å². The Labute approximate surface area is 110 Å². The van der Waals surface area contributed by atoms with Gasteiger partial charge in [-0.1, -0.05) is 6.58 Å². The Hall–Kier alpha value is 0.140. The van der Waals surface area contributed by atoms with Crippen molar-refractivity contribution in [3.63, 3.8) is 0 Å². The van der Waals surface area contributed by atoms with Gasteiger partial charge in [0.05, 0.1) is 32.3 Å². The molecule has 0 bridgehead atoms. The van der Waals surface area contributed by atoms with Gasteiger partial charge < -0.3 is 26.6 Å². The van der Waals surface area contributed by atoms with Crippen molar-refractivity contribution in [1.82, 2.24) is 0 Å². The summed E-state index contributed by atoms with van der Waals surface area (Å²) in [6.07, 6.45) is 8.64. The van der Waals surface area contributed by atoms with Gasteiger partial charge in [0, 0.05) is 12.3 Å². The van der Waals surface area contributed by atoms with Gasteiger partial charge >= 0.3 is 0 Å². The molecule has 0 aromatic carbocycles. The van der Waals surface area contributed by atoms with Crippen molar-refractivity contribution in [2.75, 3.05) is 26.2 Å². The first kappa shape index (κ1) is 14.2. The summed E-state index contributed by atoms with van der Waals surface area (Å²) in [5.74, 6) is 0.555. The average molecular weight is 290 g/mol. The highest BCUT2D eigenvalue weighted by Crippen LogP contribution is 2.37. The summed E-state index contributed by atoms with van der Waals surface area (Å²) in [4.78, 5) is 0. The third-order valence-corrected chi connectivity index (χ3v) is 4.51. The maximum atomic E-state index is 9.48. The molecule has 2 heterocycles. The van der Waals surface area contributed by atoms with E-state index in [9.17, 15) is 5.11 Å². The second-order valence-electron chi connectivity index (χ2n) is 5.29. The van der Waals surface area contributed by atoms with Crippen LogP contribution in [0.4, 0.5) is 0 Å². The molecule has 2 aliphatic rings. The van der Waals surface area contributed by atoms with Crippen molar-refractivity contribution >= 4 is 0 Å². The fraction of sp³-hybridized carbons (Fsp3) is 0.846. The molecule has 2 nitrogen and oxygen atoms in total. The predicted octanol–water partition coefficient (Wildman–Crippen LogP) is -1.05. The number of quaternary nitrogens is 1. The van der Waals surface area contributed by atoms with Crippen molar-refractivity contribution in [3.8, 4) is 0 Å². The predicted molar refractivity (Wildman–Crippen MR) is 62.5 cm³/mol. The number of aliphatic hydroxyl groups is 1. The minimum Gasteiger partial charge on any atom is -1.00 e. The zero-order valence-corrected chi connectivity index (χ0v) is 11.7. The molecule has 3 atom stereocenters. The largest absolute Gasteiger partial charge is 1.00 e. The number of nitrogens with zero attached hydrogens (tertiary/aromatic N) is 1. The van der Waals surface area contributed by atoms with E-state index < -0.39 is 0 Å². The van der Waals surface area contributed by atoms with Crippen LogP contribution < -0.4 is 17.0 Å².